The summed E-state index contributed by atoms with van der Waals surface area (Å²) in [6.45, 7) is 6.27. The van der Waals surface area contributed by atoms with E-state index in [4.69, 9.17) is 9.05 Å². The van der Waals surface area contributed by atoms with Crippen LogP contribution in [0.3, 0.4) is 0 Å². The highest BCUT2D eigenvalue weighted by Crippen LogP contribution is 2.47. The molecule has 1 amide bonds. The molecule has 0 saturated carbocycles. The summed E-state index contributed by atoms with van der Waals surface area (Å²) in [6, 6.07) is 10.8. The lowest BCUT2D eigenvalue weighted by Gasteiger charge is -2.19. The molecule has 0 spiro atoms. The van der Waals surface area contributed by atoms with Crippen molar-refractivity contribution in [2.75, 3.05) is 32.5 Å². The van der Waals surface area contributed by atoms with Crippen LogP contribution in [0.25, 0.3) is 10.8 Å². The fourth-order valence-electron chi connectivity index (χ4n) is 3.69. The summed E-state index contributed by atoms with van der Waals surface area (Å²) in [4.78, 5) is 14.6. The van der Waals surface area contributed by atoms with Crippen molar-refractivity contribution in [3.8, 4) is 0 Å². The van der Waals surface area contributed by atoms with Gasteiger partial charge in [0.25, 0.3) is 0 Å². The Bertz CT molecular complexity index is 897. The second-order valence-electron chi connectivity index (χ2n) is 7.22. The monoisotopic (exact) mass is 422 g/mol. The van der Waals surface area contributed by atoms with E-state index in [0.717, 1.165) is 42.4 Å². The molecule has 0 radical (unpaired) electrons. The number of benzene rings is 2. The van der Waals surface area contributed by atoms with Crippen molar-refractivity contribution in [1.29, 1.82) is 0 Å². The minimum atomic E-state index is -3.38. The van der Waals surface area contributed by atoms with Gasteiger partial charge >= 0.3 is 7.60 Å². The Labute approximate surface area is 170 Å². The van der Waals surface area contributed by atoms with Crippen molar-refractivity contribution in [3.63, 3.8) is 0 Å². The minimum Gasteiger partial charge on any atom is -0.351 e. The number of fused-ring (bicyclic) bond motifs is 1. The van der Waals surface area contributed by atoms with Gasteiger partial charge in [-0.05, 0) is 54.8 Å². The third kappa shape index (κ3) is 6.09. The Morgan fingerprint density at radius 2 is 1.86 bits per heavy atom. The highest BCUT2D eigenvalue weighted by Gasteiger charge is 2.30. The molecule has 1 aliphatic rings. The van der Waals surface area contributed by atoms with Gasteiger partial charge in [0.1, 0.15) is 12.0 Å². The van der Waals surface area contributed by atoms with Gasteiger partial charge in [0.15, 0.2) is 0 Å². The van der Waals surface area contributed by atoms with E-state index in [1.165, 1.54) is 12.1 Å². The number of halogens is 1. The first kappa shape index (κ1) is 21.9. The van der Waals surface area contributed by atoms with Crippen molar-refractivity contribution in [1.82, 2.24) is 10.2 Å². The molecule has 0 aromatic heterocycles. The Balaban J connectivity index is 1.53. The van der Waals surface area contributed by atoms with Gasteiger partial charge in [-0.25, -0.2) is 4.39 Å². The maximum absolute atomic E-state index is 13.3. The second-order valence-corrected chi connectivity index (χ2v) is 9.27. The third-order valence-electron chi connectivity index (χ3n) is 4.90. The molecule has 1 atom stereocenters. The molecule has 1 aliphatic heterocycles. The summed E-state index contributed by atoms with van der Waals surface area (Å²) < 4.78 is 36.2. The van der Waals surface area contributed by atoms with Crippen LogP contribution in [0.5, 0.6) is 0 Å². The normalized spacial score (nSPS) is 17.7. The summed E-state index contributed by atoms with van der Waals surface area (Å²) in [5.41, 5.74) is 1.15. The zero-order chi connectivity index (χ0) is 20.9. The molecule has 2 aromatic rings. The van der Waals surface area contributed by atoms with Crippen molar-refractivity contribution in [2.45, 2.75) is 32.9 Å². The van der Waals surface area contributed by atoms with Crippen LogP contribution < -0.4 is 5.32 Å². The van der Waals surface area contributed by atoms with Crippen molar-refractivity contribution < 1.29 is 22.8 Å². The zero-order valence-corrected chi connectivity index (χ0v) is 17.8. The van der Waals surface area contributed by atoms with Crippen LogP contribution in [0.15, 0.2) is 36.4 Å². The molecule has 3 rings (SSSR count). The Kier molecular flexibility index (Phi) is 7.41. The SMILES string of the molecule is CCOP(=O)(CC(=O)N[C@@H]1CCN(Cc2ccc3cc(F)ccc3c2)C1)OCC. The van der Waals surface area contributed by atoms with E-state index in [9.17, 15) is 13.8 Å². The number of likely N-dealkylation sites (tertiary alicyclic amines) is 1. The Morgan fingerprint density at radius 1 is 1.17 bits per heavy atom. The van der Waals surface area contributed by atoms with Gasteiger partial charge in [-0.2, -0.15) is 0 Å². The largest absolute Gasteiger partial charge is 0.351 e. The fourth-order valence-corrected chi connectivity index (χ4v) is 5.17. The molecule has 1 heterocycles. The van der Waals surface area contributed by atoms with Gasteiger partial charge in [-0.3, -0.25) is 14.3 Å². The molecular formula is C21H28FN2O4P. The quantitative estimate of drug-likeness (QED) is 0.620. The van der Waals surface area contributed by atoms with Crippen LogP contribution in [0, 0.1) is 5.82 Å². The van der Waals surface area contributed by atoms with Crippen LogP contribution >= 0.6 is 7.60 Å². The van der Waals surface area contributed by atoms with Crippen LogP contribution in [0.4, 0.5) is 4.39 Å². The molecule has 1 N–H and O–H groups in total. The number of carbonyl (C=O) groups excluding carboxylic acids is 1. The molecule has 1 saturated heterocycles. The molecule has 0 aliphatic carbocycles. The molecule has 8 heteroatoms. The van der Waals surface area contributed by atoms with Crippen LogP contribution in [-0.2, 0) is 25.0 Å². The van der Waals surface area contributed by atoms with Crippen molar-refractivity contribution in [3.05, 3.63) is 47.8 Å². The lowest BCUT2D eigenvalue weighted by Crippen LogP contribution is -2.38. The molecule has 2 aromatic carbocycles. The average molecular weight is 422 g/mol. The Morgan fingerprint density at radius 3 is 2.59 bits per heavy atom. The molecule has 0 bridgehead atoms. The molecule has 158 valence electrons. The summed E-state index contributed by atoms with van der Waals surface area (Å²) >= 11 is 0. The zero-order valence-electron chi connectivity index (χ0n) is 16.9. The summed E-state index contributed by atoms with van der Waals surface area (Å²) in [5.74, 6) is -0.545. The summed E-state index contributed by atoms with van der Waals surface area (Å²) in [5, 5.41) is 4.84. The molecular weight excluding hydrogens is 394 g/mol. The van der Waals surface area contributed by atoms with Gasteiger partial charge < -0.3 is 14.4 Å². The number of rotatable bonds is 9. The first-order chi connectivity index (χ1) is 13.9. The number of amides is 1. The first-order valence-electron chi connectivity index (χ1n) is 9.99. The smallest absolute Gasteiger partial charge is 0.340 e. The first-order valence-corrected chi connectivity index (χ1v) is 11.7. The molecule has 1 fully saturated rings. The predicted molar refractivity (Wildman–Crippen MR) is 111 cm³/mol. The highest BCUT2D eigenvalue weighted by molar-refractivity contribution is 7.54. The van der Waals surface area contributed by atoms with Gasteiger partial charge in [0.05, 0.1) is 13.2 Å². The summed E-state index contributed by atoms with van der Waals surface area (Å²) in [6.07, 6.45) is 0.574. The van der Waals surface area contributed by atoms with E-state index >= 15 is 0 Å². The van der Waals surface area contributed by atoms with E-state index in [-0.39, 0.29) is 37.1 Å². The van der Waals surface area contributed by atoms with E-state index < -0.39 is 7.60 Å². The van der Waals surface area contributed by atoms with E-state index in [1.54, 1.807) is 19.9 Å². The number of nitrogens with one attached hydrogen (secondary N) is 1. The Hall–Kier alpha value is -1.79. The highest BCUT2D eigenvalue weighted by atomic mass is 31.2. The topological polar surface area (TPSA) is 67.9 Å². The van der Waals surface area contributed by atoms with Gasteiger partial charge in [-0.1, -0.05) is 18.2 Å². The van der Waals surface area contributed by atoms with Crippen molar-refractivity contribution >= 4 is 24.3 Å². The maximum Gasteiger partial charge on any atom is 0.340 e. The van der Waals surface area contributed by atoms with E-state index in [1.807, 2.05) is 12.1 Å². The number of hydrogen-bond donors (Lipinski definition) is 1. The maximum atomic E-state index is 13.3. The van der Waals surface area contributed by atoms with Gasteiger partial charge in [0, 0.05) is 25.7 Å². The lowest BCUT2D eigenvalue weighted by atomic mass is 10.1. The number of carbonyl (C=O) groups is 1. The van der Waals surface area contributed by atoms with Crippen LogP contribution in [-0.4, -0.2) is 49.3 Å². The van der Waals surface area contributed by atoms with Gasteiger partial charge in [0.2, 0.25) is 5.91 Å². The predicted octanol–water partition coefficient (Wildman–Crippen LogP) is 3.94. The number of hydrogen-bond acceptors (Lipinski definition) is 5. The molecule has 0 unspecified atom stereocenters. The number of nitrogens with zero attached hydrogens (tertiary/aromatic N) is 1. The third-order valence-corrected chi connectivity index (χ3v) is 6.88. The van der Waals surface area contributed by atoms with Gasteiger partial charge in [-0.15, -0.1) is 0 Å². The summed E-state index contributed by atoms with van der Waals surface area (Å²) in [7, 11) is -3.38. The second kappa shape index (κ2) is 9.81. The average Bonchev–Trinajstić information content (AvgIpc) is 3.08. The van der Waals surface area contributed by atoms with E-state index in [2.05, 4.69) is 16.3 Å². The van der Waals surface area contributed by atoms with Crippen LogP contribution in [0.1, 0.15) is 25.8 Å². The minimum absolute atomic E-state index is 0.00811. The fraction of sp³-hybridized carbons (Fsp3) is 0.476. The van der Waals surface area contributed by atoms with E-state index in [0.29, 0.717) is 0 Å². The standard InChI is InChI=1S/C21H28FN2O4P/c1-3-27-29(26,28-4-2)15-21(25)23-20-9-10-24(14-20)13-16-5-6-18-12-19(22)8-7-17(18)11-16/h5-8,11-12,20H,3-4,9-10,13-15H2,1-2H3,(H,23,25)/t20-/m1/s1. The van der Waals surface area contributed by atoms with Crippen molar-refractivity contribution in [2.24, 2.45) is 0 Å². The molecule has 6 nitrogen and oxygen atoms in total. The lowest BCUT2D eigenvalue weighted by molar-refractivity contribution is -0.119. The molecule has 29 heavy (non-hydrogen) atoms. The van der Waals surface area contributed by atoms with Crippen LogP contribution in [0.2, 0.25) is 0 Å².